The van der Waals surface area contributed by atoms with E-state index in [9.17, 15) is 18.3 Å². The van der Waals surface area contributed by atoms with Crippen molar-refractivity contribution in [2.45, 2.75) is 12.3 Å². The fourth-order valence-corrected chi connectivity index (χ4v) is 1.85. The fraction of sp³-hybridized carbons (Fsp3) is 0.273. The topological polar surface area (TPSA) is 50.9 Å². The number of pyridine rings is 1. The van der Waals surface area contributed by atoms with E-state index in [4.69, 9.17) is 11.6 Å². The highest BCUT2D eigenvalue weighted by Gasteiger charge is 2.33. The zero-order chi connectivity index (χ0) is 14.2. The second-order valence-corrected chi connectivity index (χ2v) is 4.26. The van der Waals surface area contributed by atoms with E-state index in [1.807, 2.05) is 0 Å². The van der Waals surface area contributed by atoms with Gasteiger partial charge in [0.1, 0.15) is 17.0 Å². The fourth-order valence-electron chi connectivity index (χ4n) is 1.60. The minimum atomic E-state index is -4.57. The van der Waals surface area contributed by atoms with Crippen LogP contribution in [0.25, 0.3) is 0 Å². The Morgan fingerprint density at radius 3 is 2.53 bits per heavy atom. The summed E-state index contributed by atoms with van der Waals surface area (Å²) in [5, 5.41) is 9.68. The van der Waals surface area contributed by atoms with E-state index in [0.717, 1.165) is 12.1 Å². The number of aromatic nitrogens is 3. The highest BCUT2D eigenvalue weighted by Crippen LogP contribution is 2.32. The molecule has 0 saturated carbocycles. The Labute approximate surface area is 111 Å². The van der Waals surface area contributed by atoms with Gasteiger partial charge >= 0.3 is 6.18 Å². The molecule has 0 aromatic carbocycles. The van der Waals surface area contributed by atoms with Crippen LogP contribution in [0.5, 0.6) is 0 Å². The average Bonchev–Trinajstić information content (AvgIpc) is 2.73. The number of hydrogen-bond donors (Lipinski definition) is 1. The third kappa shape index (κ3) is 2.71. The summed E-state index contributed by atoms with van der Waals surface area (Å²) in [6, 6.07) is 1.89. The van der Waals surface area contributed by atoms with Crippen LogP contribution in [-0.4, -0.2) is 19.6 Å². The van der Waals surface area contributed by atoms with Gasteiger partial charge in [-0.15, -0.1) is 0 Å². The molecule has 2 aromatic heterocycles. The molecule has 0 aliphatic heterocycles. The summed E-state index contributed by atoms with van der Waals surface area (Å²) in [5.74, 6) is 0. The van der Waals surface area contributed by atoms with Crippen molar-refractivity contribution < 1.29 is 18.3 Å². The minimum absolute atomic E-state index is 0.0956. The van der Waals surface area contributed by atoms with Crippen molar-refractivity contribution in [1.29, 1.82) is 0 Å². The van der Waals surface area contributed by atoms with E-state index in [0.29, 0.717) is 5.69 Å². The standard InChI is InChI=1S/C11H9ClF3N3O/c1-18-5-16-4-7(18)9(19)6-2-3-8(11(13,14)15)17-10(6)12/h2-5,9,19H,1H3. The largest absolute Gasteiger partial charge is 0.433 e. The molecule has 0 spiro atoms. The molecule has 19 heavy (non-hydrogen) atoms. The minimum Gasteiger partial charge on any atom is -0.382 e. The van der Waals surface area contributed by atoms with Crippen LogP contribution in [0.4, 0.5) is 13.2 Å². The average molecular weight is 292 g/mol. The molecule has 1 unspecified atom stereocenters. The number of hydrogen-bond acceptors (Lipinski definition) is 3. The van der Waals surface area contributed by atoms with Gasteiger partial charge in [0, 0.05) is 12.6 Å². The molecule has 0 radical (unpaired) electrons. The molecule has 2 heterocycles. The van der Waals surface area contributed by atoms with Crippen LogP contribution in [0.15, 0.2) is 24.7 Å². The van der Waals surface area contributed by atoms with E-state index in [1.54, 1.807) is 11.6 Å². The molecule has 8 heteroatoms. The van der Waals surface area contributed by atoms with Gasteiger partial charge in [0.2, 0.25) is 0 Å². The maximum Gasteiger partial charge on any atom is 0.433 e. The van der Waals surface area contributed by atoms with Crippen molar-refractivity contribution >= 4 is 11.6 Å². The molecule has 4 nitrogen and oxygen atoms in total. The summed E-state index contributed by atoms with van der Waals surface area (Å²) >= 11 is 5.70. The van der Waals surface area contributed by atoms with Gasteiger partial charge in [0.05, 0.1) is 18.2 Å². The third-order valence-electron chi connectivity index (χ3n) is 2.60. The lowest BCUT2D eigenvalue weighted by Gasteiger charge is -2.14. The highest BCUT2D eigenvalue weighted by atomic mass is 35.5. The molecule has 2 aromatic rings. The number of imidazole rings is 1. The van der Waals surface area contributed by atoms with Crippen molar-refractivity contribution in [2.24, 2.45) is 7.05 Å². The predicted molar refractivity (Wildman–Crippen MR) is 61.5 cm³/mol. The van der Waals surface area contributed by atoms with Crippen LogP contribution in [0.2, 0.25) is 5.15 Å². The number of aliphatic hydroxyl groups excluding tert-OH is 1. The van der Waals surface area contributed by atoms with Gasteiger partial charge < -0.3 is 9.67 Å². The zero-order valence-electron chi connectivity index (χ0n) is 9.69. The normalized spacial score (nSPS) is 13.6. The molecule has 1 N–H and O–H groups in total. The second kappa shape index (κ2) is 4.82. The van der Waals surface area contributed by atoms with Crippen LogP contribution in [0.3, 0.4) is 0 Å². The third-order valence-corrected chi connectivity index (χ3v) is 2.90. The molecule has 1 atom stereocenters. The van der Waals surface area contributed by atoms with Crippen molar-refractivity contribution in [2.75, 3.05) is 0 Å². The number of halogens is 4. The first kappa shape index (κ1) is 13.8. The lowest BCUT2D eigenvalue weighted by molar-refractivity contribution is -0.141. The van der Waals surface area contributed by atoms with Gasteiger partial charge in [-0.25, -0.2) is 9.97 Å². The van der Waals surface area contributed by atoms with E-state index < -0.39 is 18.0 Å². The SMILES string of the molecule is Cn1cncc1C(O)c1ccc(C(F)(F)F)nc1Cl. The van der Waals surface area contributed by atoms with Crippen LogP contribution < -0.4 is 0 Å². The summed E-state index contributed by atoms with van der Waals surface area (Å²) in [6.07, 6.45) is -2.89. The van der Waals surface area contributed by atoms with E-state index in [2.05, 4.69) is 9.97 Å². The molecule has 0 aliphatic rings. The van der Waals surface area contributed by atoms with E-state index in [1.165, 1.54) is 12.5 Å². The Morgan fingerprint density at radius 2 is 2.05 bits per heavy atom. The molecule has 0 fully saturated rings. The number of nitrogens with zero attached hydrogens (tertiary/aromatic N) is 3. The summed E-state index contributed by atoms with van der Waals surface area (Å²) < 4.78 is 38.9. The van der Waals surface area contributed by atoms with E-state index >= 15 is 0 Å². The summed E-state index contributed by atoms with van der Waals surface area (Å²) in [6.45, 7) is 0. The quantitative estimate of drug-likeness (QED) is 0.865. The summed E-state index contributed by atoms with van der Waals surface area (Å²) in [4.78, 5) is 7.07. The lowest BCUT2D eigenvalue weighted by Crippen LogP contribution is -2.11. The number of alkyl halides is 3. The second-order valence-electron chi connectivity index (χ2n) is 3.91. The van der Waals surface area contributed by atoms with Crippen LogP contribution in [0.1, 0.15) is 23.1 Å². The van der Waals surface area contributed by atoms with Crippen molar-refractivity contribution in [3.8, 4) is 0 Å². The number of aliphatic hydroxyl groups is 1. The molecule has 0 amide bonds. The lowest BCUT2D eigenvalue weighted by atomic mass is 10.1. The monoisotopic (exact) mass is 291 g/mol. The molecule has 102 valence electrons. The van der Waals surface area contributed by atoms with Gasteiger partial charge in [-0.05, 0) is 6.07 Å². The van der Waals surface area contributed by atoms with Crippen LogP contribution in [-0.2, 0) is 13.2 Å². The van der Waals surface area contributed by atoms with Gasteiger partial charge in [0.15, 0.2) is 0 Å². The first-order chi connectivity index (χ1) is 8.80. The van der Waals surface area contributed by atoms with E-state index in [-0.39, 0.29) is 10.7 Å². The zero-order valence-corrected chi connectivity index (χ0v) is 10.4. The Hall–Kier alpha value is -1.60. The van der Waals surface area contributed by atoms with Gasteiger partial charge in [-0.3, -0.25) is 0 Å². The predicted octanol–water partition coefficient (Wildman–Crippen LogP) is 2.57. The highest BCUT2D eigenvalue weighted by molar-refractivity contribution is 6.30. The van der Waals surface area contributed by atoms with Crippen LogP contribution in [0, 0.1) is 0 Å². The molecule has 2 rings (SSSR count). The van der Waals surface area contributed by atoms with Gasteiger partial charge in [0.25, 0.3) is 0 Å². The number of rotatable bonds is 2. The smallest absolute Gasteiger partial charge is 0.382 e. The summed E-state index contributed by atoms with van der Waals surface area (Å²) in [5.41, 5.74) is -0.597. The summed E-state index contributed by atoms with van der Waals surface area (Å²) in [7, 11) is 1.65. The Balaban J connectivity index is 2.39. The van der Waals surface area contributed by atoms with Crippen molar-refractivity contribution in [3.63, 3.8) is 0 Å². The van der Waals surface area contributed by atoms with Crippen LogP contribution >= 0.6 is 11.6 Å². The number of aryl methyl sites for hydroxylation is 1. The molecular formula is C11H9ClF3N3O. The van der Waals surface area contributed by atoms with Crippen molar-refractivity contribution in [1.82, 2.24) is 14.5 Å². The molecule has 0 saturated heterocycles. The molecule has 0 bridgehead atoms. The molecular weight excluding hydrogens is 283 g/mol. The Morgan fingerprint density at radius 1 is 1.37 bits per heavy atom. The van der Waals surface area contributed by atoms with Gasteiger partial charge in [-0.2, -0.15) is 13.2 Å². The van der Waals surface area contributed by atoms with Gasteiger partial charge in [-0.1, -0.05) is 17.7 Å². The maximum absolute atomic E-state index is 12.4. The maximum atomic E-state index is 12.4. The molecule has 0 aliphatic carbocycles. The first-order valence-electron chi connectivity index (χ1n) is 5.18. The Bertz CT molecular complexity index is 597. The first-order valence-corrected chi connectivity index (χ1v) is 5.56. The van der Waals surface area contributed by atoms with Crippen molar-refractivity contribution in [3.05, 3.63) is 46.8 Å². The Kier molecular flexibility index (Phi) is 3.51.